The van der Waals surface area contributed by atoms with Gasteiger partial charge in [-0.3, -0.25) is 28.8 Å². The zero-order valence-corrected chi connectivity index (χ0v) is 14.0. The standard InChI is InChI=1S/C15H20O9/c1-5-15(22-12(19)6-9(2)16,23-13(20)7-10(3)17)24-14(21)8-11(4)18/h5-8H2,1-4H3. The van der Waals surface area contributed by atoms with E-state index in [1.54, 1.807) is 0 Å². The summed E-state index contributed by atoms with van der Waals surface area (Å²) < 4.78 is 14.5. The molecule has 0 N–H and O–H groups in total. The third kappa shape index (κ3) is 8.76. The predicted molar refractivity (Wildman–Crippen MR) is 77.2 cm³/mol. The van der Waals surface area contributed by atoms with Gasteiger partial charge in [-0.05, 0) is 20.8 Å². The first-order valence-electron chi connectivity index (χ1n) is 7.13. The number of ether oxygens (including phenoxy) is 3. The molecule has 0 saturated heterocycles. The highest BCUT2D eigenvalue weighted by atomic mass is 16.9. The fourth-order valence-corrected chi connectivity index (χ4v) is 1.52. The van der Waals surface area contributed by atoms with Gasteiger partial charge in [-0.25, -0.2) is 0 Å². The summed E-state index contributed by atoms with van der Waals surface area (Å²) in [6.07, 6.45) is -2.19. The lowest BCUT2D eigenvalue weighted by Gasteiger charge is -2.30. The van der Waals surface area contributed by atoms with Crippen LogP contribution >= 0.6 is 0 Å². The van der Waals surface area contributed by atoms with E-state index in [2.05, 4.69) is 0 Å². The SMILES string of the molecule is CCC(OC(=O)CC(C)=O)(OC(=O)CC(C)=O)OC(=O)CC(C)=O. The summed E-state index contributed by atoms with van der Waals surface area (Å²) >= 11 is 0. The van der Waals surface area contributed by atoms with Gasteiger partial charge in [-0.15, -0.1) is 0 Å². The molecule has 9 heteroatoms. The molecule has 0 radical (unpaired) electrons. The average Bonchev–Trinajstić information content (AvgIpc) is 2.34. The quantitative estimate of drug-likeness (QED) is 0.318. The van der Waals surface area contributed by atoms with E-state index in [0.717, 1.165) is 20.8 Å². The second kappa shape index (κ2) is 9.53. The summed E-state index contributed by atoms with van der Waals surface area (Å²) in [4.78, 5) is 67.9. The van der Waals surface area contributed by atoms with Crippen molar-refractivity contribution in [2.75, 3.05) is 0 Å². The number of carbonyl (C=O) groups is 6. The zero-order chi connectivity index (χ0) is 18.9. The maximum atomic E-state index is 11.7. The van der Waals surface area contributed by atoms with Gasteiger partial charge >= 0.3 is 23.9 Å². The topological polar surface area (TPSA) is 130 Å². The van der Waals surface area contributed by atoms with E-state index in [4.69, 9.17) is 14.2 Å². The smallest absolute Gasteiger partial charge is 0.388 e. The molecule has 134 valence electrons. The van der Waals surface area contributed by atoms with Crippen LogP contribution in [0.25, 0.3) is 0 Å². The summed E-state index contributed by atoms with van der Waals surface area (Å²) in [7, 11) is 0. The number of hydrogen-bond acceptors (Lipinski definition) is 9. The minimum Gasteiger partial charge on any atom is -0.388 e. The number of Topliss-reactive ketones (excluding diaryl/α,β-unsaturated/α-hetero) is 3. The van der Waals surface area contributed by atoms with Gasteiger partial charge in [0.15, 0.2) is 0 Å². The van der Waals surface area contributed by atoms with Gasteiger partial charge in [0.25, 0.3) is 0 Å². The number of ketones is 3. The van der Waals surface area contributed by atoms with Gasteiger partial charge in [0, 0.05) is 0 Å². The molecule has 9 nitrogen and oxygen atoms in total. The van der Waals surface area contributed by atoms with Crippen molar-refractivity contribution in [2.24, 2.45) is 0 Å². The fraction of sp³-hybridized carbons (Fsp3) is 0.600. The summed E-state index contributed by atoms with van der Waals surface area (Å²) in [6.45, 7) is 4.79. The Balaban J connectivity index is 5.32. The third-order valence-electron chi connectivity index (χ3n) is 2.42. The normalized spacial score (nSPS) is 10.5. The molecule has 0 aromatic rings. The van der Waals surface area contributed by atoms with E-state index in [9.17, 15) is 28.8 Å². The maximum Gasteiger partial charge on any atom is 0.423 e. The predicted octanol–water partition coefficient (Wildman–Crippen LogP) is 0.617. The number of rotatable bonds is 10. The van der Waals surface area contributed by atoms with Crippen LogP contribution in [0.15, 0.2) is 0 Å². The van der Waals surface area contributed by atoms with Crippen LogP contribution in [0.5, 0.6) is 0 Å². The molecule has 0 amide bonds. The molecule has 0 aromatic heterocycles. The van der Waals surface area contributed by atoms with Crippen molar-refractivity contribution in [3.8, 4) is 0 Å². The number of carbonyl (C=O) groups excluding carboxylic acids is 6. The van der Waals surface area contributed by atoms with Crippen LogP contribution in [0.3, 0.4) is 0 Å². The zero-order valence-electron chi connectivity index (χ0n) is 14.0. The summed E-state index contributed by atoms with van der Waals surface area (Å²) in [6, 6.07) is 0. The molecule has 0 saturated carbocycles. The summed E-state index contributed by atoms with van der Waals surface area (Å²) in [5.74, 6) is -7.26. The Morgan fingerprint density at radius 1 is 0.625 bits per heavy atom. The first-order valence-corrected chi connectivity index (χ1v) is 7.13. The average molecular weight is 344 g/mol. The molecule has 0 atom stereocenters. The van der Waals surface area contributed by atoms with Crippen molar-refractivity contribution in [1.82, 2.24) is 0 Å². The molecule has 0 aliphatic carbocycles. The van der Waals surface area contributed by atoms with Crippen LogP contribution in [0.4, 0.5) is 0 Å². The molecular weight excluding hydrogens is 324 g/mol. The lowest BCUT2D eigenvalue weighted by molar-refractivity contribution is -0.330. The van der Waals surface area contributed by atoms with Gasteiger partial charge in [-0.2, -0.15) is 0 Å². The number of hydrogen-bond donors (Lipinski definition) is 0. The van der Waals surface area contributed by atoms with E-state index in [0.29, 0.717) is 0 Å². The van der Waals surface area contributed by atoms with Crippen LogP contribution in [-0.4, -0.2) is 41.2 Å². The molecule has 0 aliphatic heterocycles. The minimum absolute atomic E-state index is 0.302. The van der Waals surface area contributed by atoms with E-state index in [-0.39, 0.29) is 6.42 Å². The van der Waals surface area contributed by atoms with Crippen LogP contribution in [0.1, 0.15) is 53.4 Å². The van der Waals surface area contributed by atoms with Gasteiger partial charge < -0.3 is 14.2 Å². The third-order valence-corrected chi connectivity index (χ3v) is 2.42. The highest BCUT2D eigenvalue weighted by Gasteiger charge is 2.42. The summed E-state index contributed by atoms with van der Waals surface area (Å²) in [5, 5.41) is 0. The Labute approximate surface area is 138 Å². The largest absolute Gasteiger partial charge is 0.423 e. The van der Waals surface area contributed by atoms with E-state index < -0.39 is 60.5 Å². The molecule has 0 unspecified atom stereocenters. The van der Waals surface area contributed by atoms with Crippen molar-refractivity contribution < 1.29 is 43.0 Å². The second-order valence-electron chi connectivity index (χ2n) is 5.10. The number of esters is 3. The van der Waals surface area contributed by atoms with Crippen molar-refractivity contribution in [3.63, 3.8) is 0 Å². The minimum atomic E-state index is -2.44. The Bertz CT molecular complexity index is 473. The molecule has 0 heterocycles. The van der Waals surface area contributed by atoms with Crippen LogP contribution in [0, 0.1) is 0 Å². The molecule has 0 spiro atoms. The molecule has 0 fully saturated rings. The monoisotopic (exact) mass is 344 g/mol. The molecule has 0 aliphatic rings. The van der Waals surface area contributed by atoms with Crippen LogP contribution in [0.2, 0.25) is 0 Å². The Morgan fingerprint density at radius 2 is 0.875 bits per heavy atom. The molecular formula is C15H20O9. The van der Waals surface area contributed by atoms with Gasteiger partial charge in [0.05, 0.1) is 6.42 Å². The van der Waals surface area contributed by atoms with Crippen molar-refractivity contribution >= 4 is 35.3 Å². The molecule has 0 rings (SSSR count). The Hall–Kier alpha value is -2.58. The lowest BCUT2D eigenvalue weighted by Crippen LogP contribution is -2.44. The van der Waals surface area contributed by atoms with Crippen LogP contribution < -0.4 is 0 Å². The highest BCUT2D eigenvalue weighted by molar-refractivity contribution is 5.96. The molecule has 0 aromatic carbocycles. The van der Waals surface area contributed by atoms with Crippen molar-refractivity contribution in [3.05, 3.63) is 0 Å². The molecule has 0 bridgehead atoms. The molecule has 24 heavy (non-hydrogen) atoms. The van der Waals surface area contributed by atoms with Crippen molar-refractivity contribution in [2.45, 2.75) is 59.4 Å². The van der Waals surface area contributed by atoms with E-state index >= 15 is 0 Å². The first-order chi connectivity index (χ1) is 11.0. The fourth-order valence-electron chi connectivity index (χ4n) is 1.52. The lowest BCUT2D eigenvalue weighted by atomic mass is 10.3. The first kappa shape index (κ1) is 21.4. The maximum absolute atomic E-state index is 11.7. The summed E-state index contributed by atoms with van der Waals surface area (Å²) in [5.41, 5.74) is 0. The van der Waals surface area contributed by atoms with Gasteiger partial charge in [0.2, 0.25) is 0 Å². The van der Waals surface area contributed by atoms with Gasteiger partial charge in [-0.1, -0.05) is 6.92 Å². The van der Waals surface area contributed by atoms with E-state index in [1.165, 1.54) is 6.92 Å². The Kier molecular flexibility index (Phi) is 8.51. The van der Waals surface area contributed by atoms with Crippen LogP contribution in [-0.2, 0) is 43.0 Å². The second-order valence-corrected chi connectivity index (χ2v) is 5.10. The Morgan fingerprint density at radius 3 is 1.04 bits per heavy atom. The highest BCUT2D eigenvalue weighted by Crippen LogP contribution is 2.23. The van der Waals surface area contributed by atoms with Gasteiger partial charge in [0.1, 0.15) is 36.6 Å². The van der Waals surface area contributed by atoms with E-state index in [1.807, 2.05) is 0 Å². The van der Waals surface area contributed by atoms with Crippen molar-refractivity contribution in [1.29, 1.82) is 0 Å².